The predicted molar refractivity (Wildman–Crippen MR) is 105 cm³/mol. The summed E-state index contributed by atoms with van der Waals surface area (Å²) in [5, 5.41) is 20.7. The summed E-state index contributed by atoms with van der Waals surface area (Å²) in [7, 11) is 0. The van der Waals surface area contributed by atoms with E-state index in [1.165, 1.54) is 11.1 Å². The first-order valence-corrected chi connectivity index (χ1v) is 9.63. The van der Waals surface area contributed by atoms with Gasteiger partial charge >= 0.3 is 0 Å². The molecule has 0 aliphatic heterocycles. The molecular weight excluding hydrogens is 544 g/mol. The molecule has 0 saturated heterocycles. The van der Waals surface area contributed by atoms with E-state index in [9.17, 15) is 10.2 Å². The van der Waals surface area contributed by atoms with Crippen LogP contribution in [0.15, 0.2) is 17.9 Å². The van der Waals surface area contributed by atoms with E-state index < -0.39 is 0 Å². The standard InChI is InChI=1S/C16H14Br4O2/c1-5-6(2)8(4)11(17)9(7(5)3)10-12(18)13(19)14(20)16(22)15(10)21/h21-22H,1-4H3. The highest BCUT2D eigenvalue weighted by molar-refractivity contribution is 9.14. The van der Waals surface area contributed by atoms with Crippen LogP contribution in [0.1, 0.15) is 22.3 Å². The molecule has 6 heteroatoms. The van der Waals surface area contributed by atoms with Crippen molar-refractivity contribution in [1.29, 1.82) is 0 Å². The van der Waals surface area contributed by atoms with E-state index in [0.717, 1.165) is 21.2 Å². The van der Waals surface area contributed by atoms with E-state index in [1.807, 2.05) is 13.8 Å². The van der Waals surface area contributed by atoms with Crippen molar-refractivity contribution in [2.45, 2.75) is 27.7 Å². The van der Waals surface area contributed by atoms with Crippen LogP contribution in [0.5, 0.6) is 11.5 Å². The molecule has 2 nitrogen and oxygen atoms in total. The van der Waals surface area contributed by atoms with E-state index in [4.69, 9.17) is 0 Å². The van der Waals surface area contributed by atoms with Crippen LogP contribution in [0, 0.1) is 27.7 Å². The number of halogens is 4. The molecule has 0 fully saturated rings. The van der Waals surface area contributed by atoms with E-state index in [0.29, 0.717) is 19.0 Å². The van der Waals surface area contributed by atoms with Crippen LogP contribution < -0.4 is 0 Å². The molecular formula is C16H14Br4O2. The average Bonchev–Trinajstić information content (AvgIpc) is 2.50. The molecule has 2 aromatic rings. The molecule has 0 saturated carbocycles. The second-order valence-corrected chi connectivity index (χ2v) is 8.38. The van der Waals surface area contributed by atoms with Crippen molar-refractivity contribution in [2.75, 3.05) is 0 Å². The Morgan fingerprint density at radius 3 is 1.55 bits per heavy atom. The quantitative estimate of drug-likeness (QED) is 0.291. The smallest absolute Gasteiger partial charge is 0.173 e. The van der Waals surface area contributed by atoms with Gasteiger partial charge in [0.05, 0.1) is 8.95 Å². The van der Waals surface area contributed by atoms with Crippen molar-refractivity contribution in [3.8, 4) is 22.6 Å². The highest BCUT2D eigenvalue weighted by Crippen LogP contribution is 2.53. The van der Waals surface area contributed by atoms with Crippen LogP contribution in [0.25, 0.3) is 11.1 Å². The van der Waals surface area contributed by atoms with Crippen molar-refractivity contribution >= 4 is 63.7 Å². The maximum atomic E-state index is 10.5. The lowest BCUT2D eigenvalue weighted by Gasteiger charge is -2.21. The normalized spacial score (nSPS) is 11.1. The van der Waals surface area contributed by atoms with Crippen molar-refractivity contribution in [3.63, 3.8) is 0 Å². The molecule has 0 aromatic heterocycles. The number of aromatic hydroxyl groups is 2. The SMILES string of the molecule is Cc1c(C)c(C)c(-c2c(O)c(O)c(Br)c(Br)c2Br)c(Br)c1C. The minimum atomic E-state index is -0.188. The van der Waals surface area contributed by atoms with E-state index in [-0.39, 0.29) is 11.5 Å². The molecule has 118 valence electrons. The highest BCUT2D eigenvalue weighted by atomic mass is 79.9. The number of hydrogen-bond acceptors (Lipinski definition) is 2. The van der Waals surface area contributed by atoms with Crippen molar-refractivity contribution in [2.24, 2.45) is 0 Å². The second-order valence-electron chi connectivity index (χ2n) is 5.20. The maximum Gasteiger partial charge on any atom is 0.173 e. The Hall–Kier alpha value is -0.0400. The summed E-state index contributed by atoms with van der Waals surface area (Å²) >= 11 is 13.9. The third kappa shape index (κ3) is 2.66. The first kappa shape index (κ1) is 18.3. The lowest BCUT2D eigenvalue weighted by atomic mass is 9.90. The zero-order valence-electron chi connectivity index (χ0n) is 12.4. The molecule has 0 atom stereocenters. The first-order valence-electron chi connectivity index (χ1n) is 6.45. The molecule has 0 aliphatic carbocycles. The van der Waals surface area contributed by atoms with Crippen molar-refractivity contribution in [1.82, 2.24) is 0 Å². The van der Waals surface area contributed by atoms with Gasteiger partial charge in [-0.3, -0.25) is 0 Å². The van der Waals surface area contributed by atoms with Crippen LogP contribution in [0.3, 0.4) is 0 Å². The van der Waals surface area contributed by atoms with E-state index in [1.54, 1.807) is 0 Å². The zero-order valence-corrected chi connectivity index (χ0v) is 18.8. The van der Waals surface area contributed by atoms with Crippen molar-refractivity contribution < 1.29 is 10.2 Å². The van der Waals surface area contributed by atoms with Crippen LogP contribution in [-0.2, 0) is 0 Å². The van der Waals surface area contributed by atoms with Gasteiger partial charge in [-0.05, 0) is 114 Å². The number of benzene rings is 2. The summed E-state index contributed by atoms with van der Waals surface area (Å²) in [4.78, 5) is 0. The Morgan fingerprint density at radius 2 is 1.00 bits per heavy atom. The van der Waals surface area contributed by atoms with Crippen LogP contribution in [-0.4, -0.2) is 10.2 Å². The van der Waals surface area contributed by atoms with Gasteiger partial charge < -0.3 is 10.2 Å². The number of phenolic OH excluding ortho intramolecular Hbond substituents is 2. The third-order valence-electron chi connectivity index (χ3n) is 4.14. The topological polar surface area (TPSA) is 40.5 Å². The molecule has 0 amide bonds. The molecule has 0 spiro atoms. The molecule has 2 N–H and O–H groups in total. The summed E-state index contributed by atoms with van der Waals surface area (Å²) in [5.41, 5.74) is 5.98. The Kier molecular flexibility index (Phi) is 5.37. The number of phenols is 2. The minimum absolute atomic E-state index is 0.159. The zero-order chi connectivity index (χ0) is 16.9. The van der Waals surface area contributed by atoms with Gasteiger partial charge in [-0.1, -0.05) is 0 Å². The largest absolute Gasteiger partial charge is 0.504 e. The lowest BCUT2D eigenvalue weighted by Crippen LogP contribution is -1.98. The Labute approximate surface area is 163 Å². The molecule has 0 aliphatic rings. The molecule has 22 heavy (non-hydrogen) atoms. The fourth-order valence-electron chi connectivity index (χ4n) is 2.43. The Balaban J connectivity index is 3.03. The predicted octanol–water partition coefficient (Wildman–Crippen LogP) is 7.05. The second kappa shape index (κ2) is 6.46. The number of rotatable bonds is 1. The molecule has 2 aromatic carbocycles. The lowest BCUT2D eigenvalue weighted by molar-refractivity contribution is 0.402. The van der Waals surface area contributed by atoms with Gasteiger partial charge in [-0.2, -0.15) is 0 Å². The highest BCUT2D eigenvalue weighted by Gasteiger charge is 2.25. The van der Waals surface area contributed by atoms with Gasteiger partial charge in [-0.15, -0.1) is 0 Å². The number of hydrogen-bond donors (Lipinski definition) is 2. The molecule has 2 rings (SSSR count). The molecule has 0 radical (unpaired) electrons. The summed E-state index contributed by atoms with van der Waals surface area (Å²) in [5.74, 6) is -0.347. The summed E-state index contributed by atoms with van der Waals surface area (Å²) in [6.07, 6.45) is 0. The van der Waals surface area contributed by atoms with E-state index in [2.05, 4.69) is 77.6 Å². The summed E-state index contributed by atoms with van der Waals surface area (Å²) in [6, 6.07) is 0. The van der Waals surface area contributed by atoms with Gasteiger partial charge in [0.15, 0.2) is 11.5 Å². The summed E-state index contributed by atoms with van der Waals surface area (Å²) in [6.45, 7) is 8.19. The molecule has 0 heterocycles. The fourth-order valence-corrected chi connectivity index (χ4v) is 4.84. The first-order chi connectivity index (χ1) is 10.1. The van der Waals surface area contributed by atoms with Crippen LogP contribution >= 0.6 is 63.7 Å². The third-order valence-corrected chi connectivity index (χ3v) is 8.55. The van der Waals surface area contributed by atoms with Crippen LogP contribution in [0.2, 0.25) is 0 Å². The Morgan fingerprint density at radius 1 is 0.500 bits per heavy atom. The maximum absolute atomic E-state index is 10.5. The fraction of sp³-hybridized carbons (Fsp3) is 0.250. The average molecular weight is 558 g/mol. The van der Waals surface area contributed by atoms with Crippen molar-refractivity contribution in [3.05, 3.63) is 40.1 Å². The van der Waals surface area contributed by atoms with Crippen LogP contribution in [0.4, 0.5) is 0 Å². The van der Waals surface area contributed by atoms with Gasteiger partial charge in [0, 0.05) is 20.1 Å². The van der Waals surface area contributed by atoms with E-state index >= 15 is 0 Å². The Bertz CT molecular complexity index is 672. The summed E-state index contributed by atoms with van der Waals surface area (Å²) < 4.78 is 2.66. The van der Waals surface area contributed by atoms with Gasteiger partial charge in [0.25, 0.3) is 0 Å². The van der Waals surface area contributed by atoms with Gasteiger partial charge in [0.2, 0.25) is 0 Å². The monoisotopic (exact) mass is 554 g/mol. The molecule has 0 bridgehead atoms. The van der Waals surface area contributed by atoms with Gasteiger partial charge in [0.1, 0.15) is 0 Å². The molecule has 0 unspecified atom stereocenters. The van der Waals surface area contributed by atoms with Gasteiger partial charge in [-0.25, -0.2) is 0 Å². The minimum Gasteiger partial charge on any atom is -0.504 e.